The molecular formula is C22H20Cl2N4. The van der Waals surface area contributed by atoms with Crippen molar-refractivity contribution in [2.45, 2.75) is 0 Å². The van der Waals surface area contributed by atoms with E-state index in [4.69, 9.17) is 28.2 Å². The Kier molecular flexibility index (Phi) is 5.53. The highest BCUT2D eigenvalue weighted by molar-refractivity contribution is 6.42. The van der Waals surface area contributed by atoms with Crippen molar-refractivity contribution in [2.24, 2.45) is 0 Å². The molecule has 3 N–H and O–H groups in total. The molecule has 0 aliphatic rings. The van der Waals surface area contributed by atoms with Gasteiger partial charge in [-0.25, -0.2) is 4.98 Å². The summed E-state index contributed by atoms with van der Waals surface area (Å²) in [4.78, 5) is 4.86. The van der Waals surface area contributed by atoms with E-state index in [9.17, 15) is 0 Å². The monoisotopic (exact) mass is 410 g/mol. The number of para-hydroxylation sites is 1. The lowest BCUT2D eigenvalue weighted by atomic mass is 10.1. The number of hydrogen-bond donors (Lipinski definition) is 3. The highest BCUT2D eigenvalue weighted by Crippen LogP contribution is 2.33. The van der Waals surface area contributed by atoms with Crippen molar-refractivity contribution in [1.82, 2.24) is 10.3 Å². The minimum Gasteiger partial charge on any atom is -0.383 e. The number of hydrogen-bond acceptors (Lipinski definition) is 4. The summed E-state index contributed by atoms with van der Waals surface area (Å²) in [6, 6.07) is 19.9. The van der Waals surface area contributed by atoms with Crippen molar-refractivity contribution < 1.29 is 0 Å². The number of nitrogens with one attached hydrogen (secondary N) is 3. The predicted molar refractivity (Wildman–Crippen MR) is 121 cm³/mol. The van der Waals surface area contributed by atoms with Crippen LogP contribution in [-0.2, 0) is 0 Å². The number of benzene rings is 3. The van der Waals surface area contributed by atoms with Crippen molar-refractivity contribution in [3.8, 4) is 0 Å². The molecule has 0 amide bonds. The van der Waals surface area contributed by atoms with Crippen molar-refractivity contribution in [1.29, 1.82) is 0 Å². The first-order valence-corrected chi connectivity index (χ1v) is 9.84. The molecule has 0 spiro atoms. The van der Waals surface area contributed by atoms with Gasteiger partial charge in [-0.3, -0.25) is 0 Å². The fourth-order valence-corrected chi connectivity index (χ4v) is 3.51. The fraction of sp³-hybridized carbons (Fsp3) is 0.136. The number of anilines is 3. The molecule has 0 saturated carbocycles. The number of aromatic nitrogens is 1. The van der Waals surface area contributed by atoms with Gasteiger partial charge in [0.15, 0.2) is 0 Å². The van der Waals surface area contributed by atoms with E-state index in [0.29, 0.717) is 10.0 Å². The number of likely N-dealkylation sites (N-methyl/N-ethyl adjacent to an activating group) is 1. The van der Waals surface area contributed by atoms with Gasteiger partial charge in [0.1, 0.15) is 0 Å². The Hall–Kier alpha value is -2.53. The molecule has 28 heavy (non-hydrogen) atoms. The zero-order valence-corrected chi connectivity index (χ0v) is 16.9. The summed E-state index contributed by atoms with van der Waals surface area (Å²) in [5, 5.41) is 13.4. The predicted octanol–water partition coefficient (Wildman–Crippen LogP) is 6.07. The van der Waals surface area contributed by atoms with Crippen LogP contribution in [0.1, 0.15) is 0 Å². The van der Waals surface area contributed by atoms with Gasteiger partial charge in [0.2, 0.25) is 0 Å². The van der Waals surface area contributed by atoms with E-state index in [1.807, 2.05) is 49.5 Å². The first kappa shape index (κ1) is 18.8. The lowest BCUT2D eigenvalue weighted by Crippen LogP contribution is -2.18. The molecule has 0 aliphatic carbocycles. The summed E-state index contributed by atoms with van der Waals surface area (Å²) in [7, 11) is 1.95. The molecule has 0 fully saturated rings. The van der Waals surface area contributed by atoms with Gasteiger partial charge in [-0.15, -0.1) is 0 Å². The van der Waals surface area contributed by atoms with Crippen molar-refractivity contribution in [3.05, 3.63) is 70.7 Å². The standard InChI is InChI=1S/C22H20Cl2N4/c1-25-10-11-26-22-16-4-2-3-5-20(16)28-21-13-15(6-8-17(21)22)27-14-7-9-18(23)19(24)12-14/h2-9,12-13,25,27H,10-11H2,1H3,(H,26,28). The molecule has 1 heterocycles. The molecule has 1 aromatic heterocycles. The molecule has 142 valence electrons. The van der Waals surface area contributed by atoms with Gasteiger partial charge in [0.05, 0.1) is 26.8 Å². The van der Waals surface area contributed by atoms with Gasteiger partial charge in [0.25, 0.3) is 0 Å². The number of pyridine rings is 1. The van der Waals surface area contributed by atoms with Gasteiger partial charge >= 0.3 is 0 Å². The number of halogens is 2. The molecule has 0 atom stereocenters. The largest absolute Gasteiger partial charge is 0.383 e. The Bertz CT molecular complexity index is 1140. The van der Waals surface area contributed by atoms with Crippen molar-refractivity contribution in [3.63, 3.8) is 0 Å². The van der Waals surface area contributed by atoms with E-state index >= 15 is 0 Å². The van der Waals surface area contributed by atoms with Crippen LogP contribution in [0.15, 0.2) is 60.7 Å². The maximum atomic E-state index is 6.12. The molecule has 0 radical (unpaired) electrons. The Balaban J connectivity index is 1.76. The fourth-order valence-electron chi connectivity index (χ4n) is 3.21. The Morgan fingerprint density at radius 1 is 0.786 bits per heavy atom. The second-order valence-corrected chi connectivity index (χ2v) is 7.33. The van der Waals surface area contributed by atoms with E-state index in [1.54, 1.807) is 6.07 Å². The smallest absolute Gasteiger partial charge is 0.0751 e. The molecular weight excluding hydrogens is 391 g/mol. The van der Waals surface area contributed by atoms with Gasteiger partial charge in [0, 0.05) is 35.2 Å². The Labute approximate surface area is 173 Å². The lowest BCUT2D eigenvalue weighted by Gasteiger charge is -2.14. The zero-order chi connectivity index (χ0) is 19.5. The van der Waals surface area contributed by atoms with Crippen LogP contribution in [0.2, 0.25) is 10.0 Å². The minimum absolute atomic E-state index is 0.521. The first-order valence-electron chi connectivity index (χ1n) is 9.09. The van der Waals surface area contributed by atoms with E-state index in [2.05, 4.69) is 28.1 Å². The molecule has 4 rings (SSSR count). The molecule has 6 heteroatoms. The Morgan fingerprint density at radius 3 is 2.36 bits per heavy atom. The van der Waals surface area contributed by atoms with Crippen LogP contribution in [-0.4, -0.2) is 25.1 Å². The lowest BCUT2D eigenvalue weighted by molar-refractivity contribution is 0.825. The van der Waals surface area contributed by atoms with E-state index in [1.165, 1.54) is 0 Å². The molecule has 0 unspecified atom stereocenters. The van der Waals surface area contributed by atoms with Crippen LogP contribution in [0.3, 0.4) is 0 Å². The number of rotatable bonds is 6. The molecule has 4 aromatic rings. The zero-order valence-electron chi connectivity index (χ0n) is 15.4. The maximum Gasteiger partial charge on any atom is 0.0751 e. The highest BCUT2D eigenvalue weighted by Gasteiger charge is 2.10. The summed E-state index contributed by atoms with van der Waals surface area (Å²) in [6.45, 7) is 1.72. The van der Waals surface area contributed by atoms with Gasteiger partial charge in [-0.1, -0.05) is 41.4 Å². The maximum absolute atomic E-state index is 6.12. The van der Waals surface area contributed by atoms with E-state index < -0.39 is 0 Å². The van der Waals surface area contributed by atoms with E-state index in [0.717, 1.165) is 52.0 Å². The Morgan fingerprint density at radius 2 is 1.54 bits per heavy atom. The summed E-state index contributed by atoms with van der Waals surface area (Å²) in [5.41, 5.74) is 4.82. The number of fused-ring (bicyclic) bond motifs is 2. The van der Waals surface area contributed by atoms with Gasteiger partial charge in [-0.05, 0) is 49.5 Å². The third-order valence-electron chi connectivity index (χ3n) is 4.57. The molecule has 3 aromatic carbocycles. The highest BCUT2D eigenvalue weighted by atomic mass is 35.5. The van der Waals surface area contributed by atoms with Gasteiger partial charge < -0.3 is 16.0 Å². The second-order valence-electron chi connectivity index (χ2n) is 6.52. The summed E-state index contributed by atoms with van der Waals surface area (Å²) >= 11 is 12.1. The molecule has 0 bridgehead atoms. The average Bonchev–Trinajstić information content (AvgIpc) is 2.70. The van der Waals surface area contributed by atoms with Crippen LogP contribution in [0.5, 0.6) is 0 Å². The summed E-state index contributed by atoms with van der Waals surface area (Å²) in [6.07, 6.45) is 0. The van der Waals surface area contributed by atoms with Crippen molar-refractivity contribution in [2.75, 3.05) is 30.8 Å². The van der Waals surface area contributed by atoms with Crippen LogP contribution in [0, 0.1) is 0 Å². The SMILES string of the molecule is CNCCNc1c2ccccc2nc2cc(Nc3ccc(Cl)c(Cl)c3)ccc12. The van der Waals surface area contributed by atoms with Crippen molar-refractivity contribution >= 4 is 62.1 Å². The number of nitrogens with zero attached hydrogens (tertiary/aromatic N) is 1. The third kappa shape index (κ3) is 3.85. The summed E-state index contributed by atoms with van der Waals surface area (Å²) in [5.74, 6) is 0. The minimum atomic E-state index is 0.521. The second kappa shape index (κ2) is 8.23. The van der Waals surface area contributed by atoms with Crippen LogP contribution < -0.4 is 16.0 Å². The molecule has 0 aliphatic heterocycles. The van der Waals surface area contributed by atoms with E-state index in [-0.39, 0.29) is 0 Å². The van der Waals surface area contributed by atoms with Crippen LogP contribution >= 0.6 is 23.2 Å². The quantitative estimate of drug-likeness (QED) is 0.266. The molecule has 4 nitrogen and oxygen atoms in total. The van der Waals surface area contributed by atoms with Crippen LogP contribution in [0.4, 0.5) is 17.1 Å². The summed E-state index contributed by atoms with van der Waals surface area (Å²) < 4.78 is 0. The average molecular weight is 411 g/mol. The van der Waals surface area contributed by atoms with Crippen LogP contribution in [0.25, 0.3) is 21.8 Å². The third-order valence-corrected chi connectivity index (χ3v) is 5.31. The van der Waals surface area contributed by atoms with Gasteiger partial charge in [-0.2, -0.15) is 0 Å². The normalized spacial score (nSPS) is 11.1. The molecule has 0 saturated heterocycles. The first-order chi connectivity index (χ1) is 13.7. The topological polar surface area (TPSA) is 49.0 Å².